The van der Waals surface area contributed by atoms with Crippen molar-refractivity contribution in [2.75, 3.05) is 6.79 Å². The van der Waals surface area contributed by atoms with Crippen molar-refractivity contribution in [2.45, 2.75) is 6.92 Å². The van der Waals surface area contributed by atoms with Crippen LogP contribution in [0.2, 0.25) is 0 Å². The lowest BCUT2D eigenvalue weighted by Gasteiger charge is -2.02. The Morgan fingerprint density at radius 2 is 1.92 bits per heavy atom. The molecule has 1 aromatic heterocycles. The van der Waals surface area contributed by atoms with E-state index in [0.29, 0.717) is 23.0 Å². The fourth-order valence-corrected chi connectivity index (χ4v) is 2.71. The van der Waals surface area contributed by atoms with Gasteiger partial charge in [-0.1, -0.05) is 0 Å². The lowest BCUT2D eigenvalue weighted by molar-refractivity contribution is -0.384. The number of non-ortho nitro benzene ring substituents is 1. The molecule has 2 heterocycles. The molecule has 26 heavy (non-hydrogen) atoms. The topological polar surface area (TPSA) is 87.1 Å². The van der Waals surface area contributed by atoms with Crippen LogP contribution in [-0.2, 0) is 0 Å². The predicted octanol–water partition coefficient (Wildman–Crippen LogP) is 4.64. The number of benzene rings is 2. The molecule has 7 heteroatoms. The highest BCUT2D eigenvalue weighted by molar-refractivity contribution is 5.80. The van der Waals surface area contributed by atoms with E-state index in [1.54, 1.807) is 24.4 Å². The van der Waals surface area contributed by atoms with Crippen molar-refractivity contribution in [2.24, 2.45) is 4.99 Å². The van der Waals surface area contributed by atoms with E-state index in [2.05, 4.69) is 4.99 Å². The summed E-state index contributed by atoms with van der Waals surface area (Å²) in [6.45, 7) is 2.03. The van der Waals surface area contributed by atoms with Crippen molar-refractivity contribution in [3.63, 3.8) is 0 Å². The lowest BCUT2D eigenvalue weighted by Crippen LogP contribution is -1.92. The minimum Gasteiger partial charge on any atom is -0.455 e. The molecule has 0 amide bonds. The van der Waals surface area contributed by atoms with Gasteiger partial charge in [-0.2, -0.15) is 0 Å². The normalized spacial score (nSPS) is 12.7. The molecule has 0 saturated heterocycles. The number of nitro benzene ring substituents is 1. The van der Waals surface area contributed by atoms with Gasteiger partial charge in [0.1, 0.15) is 11.5 Å². The average molecular weight is 350 g/mol. The van der Waals surface area contributed by atoms with Gasteiger partial charge in [0.15, 0.2) is 11.5 Å². The second kappa shape index (κ2) is 6.36. The molecule has 4 rings (SSSR count). The maximum absolute atomic E-state index is 10.8. The van der Waals surface area contributed by atoms with Crippen LogP contribution in [0.15, 0.2) is 57.9 Å². The number of fused-ring (bicyclic) bond motifs is 1. The molecule has 1 aliphatic rings. The molecular weight excluding hydrogens is 336 g/mol. The van der Waals surface area contributed by atoms with E-state index < -0.39 is 4.92 Å². The first-order valence-corrected chi connectivity index (χ1v) is 7.89. The van der Waals surface area contributed by atoms with Crippen LogP contribution in [0.5, 0.6) is 11.5 Å². The van der Waals surface area contributed by atoms with E-state index in [9.17, 15) is 10.1 Å². The molecule has 2 aromatic carbocycles. The Labute approximate surface area is 148 Å². The van der Waals surface area contributed by atoms with E-state index in [4.69, 9.17) is 13.9 Å². The van der Waals surface area contributed by atoms with Crippen LogP contribution in [0.4, 0.5) is 11.4 Å². The molecular formula is C19H14N2O5. The van der Waals surface area contributed by atoms with E-state index in [1.165, 1.54) is 12.1 Å². The van der Waals surface area contributed by atoms with E-state index in [0.717, 1.165) is 16.8 Å². The van der Waals surface area contributed by atoms with Gasteiger partial charge in [0.25, 0.3) is 5.69 Å². The number of nitro groups is 1. The van der Waals surface area contributed by atoms with Gasteiger partial charge in [0.05, 0.1) is 16.8 Å². The molecule has 0 fully saturated rings. The van der Waals surface area contributed by atoms with Crippen LogP contribution < -0.4 is 9.47 Å². The van der Waals surface area contributed by atoms with Gasteiger partial charge >= 0.3 is 0 Å². The summed E-state index contributed by atoms with van der Waals surface area (Å²) in [5.74, 6) is 2.58. The van der Waals surface area contributed by atoms with E-state index >= 15 is 0 Å². The monoisotopic (exact) mass is 350 g/mol. The first kappa shape index (κ1) is 15.9. The first-order chi connectivity index (χ1) is 12.6. The summed E-state index contributed by atoms with van der Waals surface area (Å²) in [5, 5.41) is 10.8. The number of hydrogen-bond donors (Lipinski definition) is 0. The number of ether oxygens (including phenoxy) is 2. The molecule has 3 aromatic rings. The highest BCUT2D eigenvalue weighted by atomic mass is 16.7. The fraction of sp³-hybridized carbons (Fsp3) is 0.105. The summed E-state index contributed by atoms with van der Waals surface area (Å²) in [6, 6.07) is 13.7. The van der Waals surface area contributed by atoms with Gasteiger partial charge in [0.2, 0.25) is 6.79 Å². The van der Waals surface area contributed by atoms with Gasteiger partial charge in [-0.05, 0) is 42.8 Å². The SMILES string of the molecule is Cc1cc([N+](=O)[O-])ccc1-c1ccc(C=Nc2ccc3c(c2)OCO3)o1. The van der Waals surface area contributed by atoms with E-state index in [-0.39, 0.29) is 12.5 Å². The highest BCUT2D eigenvalue weighted by Crippen LogP contribution is 2.35. The minimum atomic E-state index is -0.414. The van der Waals surface area contributed by atoms with Crippen LogP contribution in [0.25, 0.3) is 11.3 Å². The Bertz CT molecular complexity index is 1020. The average Bonchev–Trinajstić information content (AvgIpc) is 3.28. The van der Waals surface area contributed by atoms with Crippen LogP contribution in [-0.4, -0.2) is 17.9 Å². The van der Waals surface area contributed by atoms with Gasteiger partial charge in [0, 0.05) is 23.8 Å². The van der Waals surface area contributed by atoms with E-state index in [1.807, 2.05) is 25.1 Å². The Morgan fingerprint density at radius 1 is 1.08 bits per heavy atom. The minimum absolute atomic E-state index is 0.0578. The number of rotatable bonds is 4. The van der Waals surface area contributed by atoms with Crippen LogP contribution in [0.3, 0.4) is 0 Å². The van der Waals surface area contributed by atoms with Crippen LogP contribution in [0.1, 0.15) is 11.3 Å². The zero-order valence-electron chi connectivity index (χ0n) is 13.8. The first-order valence-electron chi connectivity index (χ1n) is 7.89. The second-order valence-electron chi connectivity index (χ2n) is 5.75. The third-order valence-corrected chi connectivity index (χ3v) is 4.01. The molecule has 130 valence electrons. The quantitative estimate of drug-likeness (QED) is 0.388. The Morgan fingerprint density at radius 3 is 2.73 bits per heavy atom. The Hall–Kier alpha value is -3.61. The number of furan rings is 1. The zero-order chi connectivity index (χ0) is 18.1. The zero-order valence-corrected chi connectivity index (χ0v) is 13.8. The largest absolute Gasteiger partial charge is 0.455 e. The molecule has 0 aliphatic carbocycles. The van der Waals surface area contributed by atoms with Crippen molar-refractivity contribution < 1.29 is 18.8 Å². The molecule has 0 unspecified atom stereocenters. The number of aryl methyl sites for hydroxylation is 1. The molecule has 0 N–H and O–H groups in total. The number of nitrogens with zero attached hydrogens (tertiary/aromatic N) is 2. The molecule has 0 radical (unpaired) electrons. The fourth-order valence-electron chi connectivity index (χ4n) is 2.71. The number of hydrogen-bond acceptors (Lipinski definition) is 6. The third-order valence-electron chi connectivity index (χ3n) is 4.01. The van der Waals surface area contributed by atoms with Crippen molar-refractivity contribution in [1.82, 2.24) is 0 Å². The second-order valence-corrected chi connectivity index (χ2v) is 5.75. The molecule has 0 saturated carbocycles. The summed E-state index contributed by atoms with van der Waals surface area (Å²) < 4.78 is 16.4. The maximum Gasteiger partial charge on any atom is 0.269 e. The van der Waals surface area contributed by atoms with Gasteiger partial charge < -0.3 is 13.9 Å². The number of aliphatic imine (C=N–C) groups is 1. The molecule has 0 bridgehead atoms. The standard InChI is InChI=1S/C19H14N2O5/c1-12-8-14(21(22)23)3-5-16(12)17-7-4-15(26-17)10-20-13-2-6-18-19(9-13)25-11-24-18/h2-10H,11H2,1H3. The van der Waals surface area contributed by atoms with Crippen molar-refractivity contribution in [1.29, 1.82) is 0 Å². The van der Waals surface area contributed by atoms with Crippen LogP contribution in [0, 0.1) is 17.0 Å². The molecule has 0 atom stereocenters. The summed E-state index contributed by atoms with van der Waals surface area (Å²) in [7, 11) is 0. The highest BCUT2D eigenvalue weighted by Gasteiger charge is 2.13. The maximum atomic E-state index is 10.8. The lowest BCUT2D eigenvalue weighted by atomic mass is 10.1. The molecule has 1 aliphatic heterocycles. The van der Waals surface area contributed by atoms with Gasteiger partial charge in [-0.15, -0.1) is 0 Å². The van der Waals surface area contributed by atoms with Gasteiger partial charge in [-0.3, -0.25) is 15.1 Å². The third kappa shape index (κ3) is 3.02. The van der Waals surface area contributed by atoms with Crippen molar-refractivity contribution in [3.8, 4) is 22.8 Å². The van der Waals surface area contributed by atoms with Gasteiger partial charge in [-0.25, -0.2) is 0 Å². The summed E-state index contributed by atoms with van der Waals surface area (Å²) in [5.41, 5.74) is 2.35. The summed E-state index contributed by atoms with van der Waals surface area (Å²) in [4.78, 5) is 14.8. The predicted molar refractivity (Wildman–Crippen MR) is 95.4 cm³/mol. The van der Waals surface area contributed by atoms with Crippen LogP contribution >= 0.6 is 0 Å². The summed E-state index contributed by atoms with van der Waals surface area (Å²) >= 11 is 0. The Balaban J connectivity index is 1.56. The van der Waals surface area contributed by atoms with Crippen molar-refractivity contribution in [3.05, 3.63) is 70.0 Å². The van der Waals surface area contributed by atoms with Crippen molar-refractivity contribution >= 4 is 17.6 Å². The smallest absolute Gasteiger partial charge is 0.269 e. The molecule has 0 spiro atoms. The Kier molecular flexibility index (Phi) is 3.89. The summed E-state index contributed by atoms with van der Waals surface area (Å²) in [6.07, 6.45) is 1.61. The molecule has 7 nitrogen and oxygen atoms in total.